The van der Waals surface area contributed by atoms with Crippen molar-refractivity contribution in [3.8, 4) is 5.75 Å². The summed E-state index contributed by atoms with van der Waals surface area (Å²) in [5.74, 6) is 0.515. The van der Waals surface area contributed by atoms with E-state index in [1.54, 1.807) is 7.11 Å². The lowest BCUT2D eigenvalue weighted by Crippen LogP contribution is -2.30. The second-order valence-corrected chi connectivity index (χ2v) is 6.52. The molecule has 25 heavy (non-hydrogen) atoms. The molecule has 132 valence electrons. The van der Waals surface area contributed by atoms with Crippen LogP contribution in [0.15, 0.2) is 48.5 Å². The van der Waals surface area contributed by atoms with Crippen molar-refractivity contribution < 1.29 is 14.3 Å². The molecule has 4 heteroatoms. The molecule has 0 radical (unpaired) electrons. The van der Waals surface area contributed by atoms with Gasteiger partial charge >= 0.3 is 5.97 Å². The van der Waals surface area contributed by atoms with Gasteiger partial charge in [-0.3, -0.25) is 4.79 Å². The van der Waals surface area contributed by atoms with Crippen LogP contribution in [0, 0.1) is 5.92 Å². The van der Waals surface area contributed by atoms with Crippen LogP contribution in [0.5, 0.6) is 5.75 Å². The number of para-hydroxylation sites is 1. The van der Waals surface area contributed by atoms with Crippen LogP contribution in [0.25, 0.3) is 0 Å². The van der Waals surface area contributed by atoms with Gasteiger partial charge in [-0.15, -0.1) is 0 Å². The van der Waals surface area contributed by atoms with Gasteiger partial charge in [0.2, 0.25) is 0 Å². The number of nitrogens with zero attached hydrogens (tertiary/aromatic N) is 1. The second-order valence-electron chi connectivity index (χ2n) is 6.52. The maximum atomic E-state index is 12.0. The van der Waals surface area contributed by atoms with Crippen molar-refractivity contribution in [2.45, 2.75) is 25.8 Å². The molecule has 0 amide bonds. The highest BCUT2D eigenvalue weighted by Crippen LogP contribution is 2.38. The highest BCUT2D eigenvalue weighted by molar-refractivity contribution is 5.72. The van der Waals surface area contributed by atoms with Gasteiger partial charge in [0.25, 0.3) is 0 Å². The van der Waals surface area contributed by atoms with Crippen molar-refractivity contribution in [3.63, 3.8) is 0 Å². The molecule has 0 aromatic heterocycles. The number of rotatable bonds is 6. The summed E-state index contributed by atoms with van der Waals surface area (Å²) in [6.45, 7) is 2.90. The molecule has 1 aliphatic heterocycles. The minimum Gasteiger partial charge on any atom is -0.497 e. The van der Waals surface area contributed by atoms with Gasteiger partial charge in [-0.2, -0.15) is 0 Å². The monoisotopic (exact) mass is 339 g/mol. The maximum Gasteiger partial charge on any atom is 0.308 e. The summed E-state index contributed by atoms with van der Waals surface area (Å²) in [6.07, 6.45) is 1.75. The van der Waals surface area contributed by atoms with E-state index >= 15 is 0 Å². The fraction of sp³-hybridized carbons (Fsp3) is 0.381. The third-order valence-electron chi connectivity index (χ3n) is 4.98. The summed E-state index contributed by atoms with van der Waals surface area (Å²) in [5, 5.41) is 0. The lowest BCUT2D eigenvalue weighted by molar-refractivity contribution is -0.145. The normalized spacial score (nSPS) is 15.4. The summed E-state index contributed by atoms with van der Waals surface area (Å²) in [6, 6.07) is 16.8. The van der Waals surface area contributed by atoms with Crippen LogP contribution in [0.1, 0.15) is 30.5 Å². The molecule has 0 bridgehead atoms. The molecular weight excluding hydrogens is 314 g/mol. The van der Waals surface area contributed by atoms with Crippen LogP contribution in [0.2, 0.25) is 0 Å². The Labute approximate surface area is 149 Å². The first-order chi connectivity index (χ1) is 12.1. The predicted octanol–water partition coefficient (Wildman–Crippen LogP) is 4.00. The smallest absolute Gasteiger partial charge is 0.308 e. The number of carbonyl (C=O) groups excluding carboxylic acids is 1. The number of anilines is 1. The minimum absolute atomic E-state index is 0.128. The minimum atomic E-state index is -0.162. The fourth-order valence-corrected chi connectivity index (χ4v) is 3.59. The van der Waals surface area contributed by atoms with Crippen molar-refractivity contribution in [1.82, 2.24) is 0 Å². The molecule has 0 N–H and O–H groups in total. The van der Waals surface area contributed by atoms with Crippen molar-refractivity contribution >= 4 is 11.7 Å². The van der Waals surface area contributed by atoms with E-state index in [2.05, 4.69) is 41.3 Å². The molecule has 4 nitrogen and oxygen atoms in total. The van der Waals surface area contributed by atoms with E-state index in [9.17, 15) is 4.79 Å². The third-order valence-corrected chi connectivity index (χ3v) is 4.98. The van der Waals surface area contributed by atoms with Crippen molar-refractivity contribution in [3.05, 3.63) is 59.7 Å². The average molecular weight is 339 g/mol. The van der Waals surface area contributed by atoms with E-state index in [4.69, 9.17) is 9.47 Å². The zero-order valence-electron chi connectivity index (χ0n) is 15.1. The van der Waals surface area contributed by atoms with Gasteiger partial charge in [0, 0.05) is 12.2 Å². The van der Waals surface area contributed by atoms with Crippen molar-refractivity contribution in [2.24, 2.45) is 5.92 Å². The van der Waals surface area contributed by atoms with Gasteiger partial charge in [0.15, 0.2) is 0 Å². The number of esters is 1. The molecule has 0 aliphatic carbocycles. The molecular formula is C21H25NO3. The second kappa shape index (κ2) is 7.60. The number of methoxy groups -OCH3 is 2. The van der Waals surface area contributed by atoms with Crippen LogP contribution in [0.4, 0.5) is 5.69 Å². The Morgan fingerprint density at radius 3 is 2.52 bits per heavy atom. The van der Waals surface area contributed by atoms with E-state index in [0.717, 1.165) is 18.7 Å². The van der Waals surface area contributed by atoms with Gasteiger partial charge in [-0.25, -0.2) is 0 Å². The van der Waals surface area contributed by atoms with E-state index in [1.165, 1.54) is 23.9 Å². The molecule has 0 saturated carbocycles. The summed E-state index contributed by atoms with van der Waals surface area (Å²) in [7, 11) is 3.12. The van der Waals surface area contributed by atoms with E-state index < -0.39 is 0 Å². The first-order valence-electron chi connectivity index (χ1n) is 8.70. The molecule has 0 unspecified atom stereocenters. The summed E-state index contributed by atoms with van der Waals surface area (Å²) >= 11 is 0. The van der Waals surface area contributed by atoms with Crippen LogP contribution in [-0.4, -0.2) is 26.7 Å². The average Bonchev–Trinajstić information content (AvgIpc) is 3.09. The molecule has 3 rings (SSSR count). The molecule has 1 heterocycles. The van der Waals surface area contributed by atoms with Gasteiger partial charge < -0.3 is 14.4 Å². The number of carbonyl (C=O) groups is 1. The Kier molecular flexibility index (Phi) is 5.27. The standard InChI is InChI=1S/C21H25NO3/c1-15(21(23)25-3)14-20(17-8-10-18(24-2)11-9-17)22-13-12-16-6-4-5-7-19(16)22/h4-11,15,20H,12-14H2,1-3H3/t15-,20+/m1/s1. The van der Waals surface area contributed by atoms with E-state index in [-0.39, 0.29) is 17.9 Å². The lowest BCUT2D eigenvalue weighted by atomic mass is 9.94. The van der Waals surface area contributed by atoms with Crippen LogP contribution >= 0.6 is 0 Å². The first kappa shape index (κ1) is 17.3. The zero-order chi connectivity index (χ0) is 17.8. The highest BCUT2D eigenvalue weighted by atomic mass is 16.5. The SMILES string of the molecule is COC(=O)[C@H](C)C[C@@H](c1ccc(OC)cc1)N1CCc2ccccc21. The Morgan fingerprint density at radius 1 is 1.12 bits per heavy atom. The van der Waals surface area contributed by atoms with Crippen LogP contribution < -0.4 is 9.64 Å². The Hall–Kier alpha value is -2.49. The van der Waals surface area contributed by atoms with Gasteiger partial charge in [-0.05, 0) is 42.2 Å². The van der Waals surface area contributed by atoms with Gasteiger partial charge in [-0.1, -0.05) is 37.3 Å². The molecule has 2 aromatic rings. The maximum absolute atomic E-state index is 12.0. The summed E-state index contributed by atoms with van der Waals surface area (Å²) < 4.78 is 10.2. The van der Waals surface area contributed by atoms with Gasteiger partial charge in [0.1, 0.15) is 5.75 Å². The topological polar surface area (TPSA) is 38.8 Å². The largest absolute Gasteiger partial charge is 0.497 e. The van der Waals surface area contributed by atoms with E-state index in [0.29, 0.717) is 6.42 Å². The Balaban J connectivity index is 1.93. The number of hydrogen-bond acceptors (Lipinski definition) is 4. The highest BCUT2D eigenvalue weighted by Gasteiger charge is 2.30. The van der Waals surface area contributed by atoms with Gasteiger partial charge in [0.05, 0.1) is 26.2 Å². The zero-order valence-corrected chi connectivity index (χ0v) is 15.1. The molecule has 2 aromatic carbocycles. The molecule has 0 spiro atoms. The number of ether oxygens (including phenoxy) is 2. The van der Waals surface area contributed by atoms with Crippen LogP contribution in [0.3, 0.4) is 0 Å². The molecule has 1 aliphatic rings. The van der Waals surface area contributed by atoms with Crippen molar-refractivity contribution in [2.75, 3.05) is 25.7 Å². The lowest BCUT2D eigenvalue weighted by Gasteiger charge is -2.32. The predicted molar refractivity (Wildman–Crippen MR) is 99.0 cm³/mol. The molecule has 0 fully saturated rings. The Bertz CT molecular complexity index is 726. The summed E-state index contributed by atoms with van der Waals surface area (Å²) in [4.78, 5) is 14.4. The third kappa shape index (κ3) is 3.63. The molecule has 2 atom stereocenters. The Morgan fingerprint density at radius 2 is 1.84 bits per heavy atom. The number of hydrogen-bond donors (Lipinski definition) is 0. The number of benzene rings is 2. The molecule has 0 saturated heterocycles. The quantitative estimate of drug-likeness (QED) is 0.746. The van der Waals surface area contributed by atoms with Crippen LogP contribution in [-0.2, 0) is 16.0 Å². The van der Waals surface area contributed by atoms with Crippen molar-refractivity contribution in [1.29, 1.82) is 0 Å². The van der Waals surface area contributed by atoms with E-state index in [1.807, 2.05) is 19.1 Å². The fourth-order valence-electron chi connectivity index (χ4n) is 3.59. The number of fused-ring (bicyclic) bond motifs is 1. The summed E-state index contributed by atoms with van der Waals surface area (Å²) in [5.41, 5.74) is 3.82. The first-order valence-corrected chi connectivity index (χ1v) is 8.70.